The lowest BCUT2D eigenvalue weighted by atomic mass is 10.2. The molecule has 0 aromatic heterocycles. The van der Waals surface area contributed by atoms with Gasteiger partial charge in [-0.05, 0) is 37.9 Å². The minimum Gasteiger partial charge on any atom is -0.495 e. The van der Waals surface area contributed by atoms with E-state index in [-0.39, 0.29) is 30.1 Å². The zero-order valence-corrected chi connectivity index (χ0v) is 19.8. The number of ether oxygens (including phenoxy) is 2. The summed E-state index contributed by atoms with van der Waals surface area (Å²) >= 11 is 0. The Balaban J connectivity index is 0.00000240. The number of halogens is 1. The van der Waals surface area contributed by atoms with Gasteiger partial charge in [0.1, 0.15) is 5.75 Å². The maximum atomic E-state index is 6.05. The number of fused-ring (bicyclic) bond motifs is 1. The number of guanidine groups is 1. The number of rotatable bonds is 5. The fourth-order valence-electron chi connectivity index (χ4n) is 4.60. The van der Waals surface area contributed by atoms with Gasteiger partial charge >= 0.3 is 0 Å². The molecular formula is C21H34IN5O2. The first kappa shape index (κ1) is 22.4. The molecule has 1 aromatic carbocycles. The lowest BCUT2D eigenvalue weighted by Gasteiger charge is -2.35. The Morgan fingerprint density at radius 3 is 2.93 bits per heavy atom. The number of hydrogen-bond acceptors (Lipinski definition) is 5. The second kappa shape index (κ2) is 10.7. The van der Waals surface area contributed by atoms with E-state index in [9.17, 15) is 0 Å². The minimum absolute atomic E-state index is 0. The molecule has 3 heterocycles. The molecule has 4 rings (SSSR count). The highest BCUT2D eigenvalue weighted by molar-refractivity contribution is 14.0. The molecule has 29 heavy (non-hydrogen) atoms. The number of nitrogens with zero attached hydrogens (tertiary/aromatic N) is 3. The van der Waals surface area contributed by atoms with E-state index in [1.54, 1.807) is 7.11 Å². The van der Waals surface area contributed by atoms with Crippen LogP contribution < -0.4 is 20.3 Å². The molecule has 162 valence electrons. The van der Waals surface area contributed by atoms with Crippen LogP contribution in [0.5, 0.6) is 5.75 Å². The summed E-state index contributed by atoms with van der Waals surface area (Å²) in [6.45, 7) is 5.87. The van der Waals surface area contributed by atoms with E-state index >= 15 is 0 Å². The first-order valence-electron chi connectivity index (χ1n) is 10.5. The van der Waals surface area contributed by atoms with Gasteiger partial charge in [-0.2, -0.15) is 0 Å². The maximum Gasteiger partial charge on any atom is 0.191 e. The summed E-state index contributed by atoms with van der Waals surface area (Å²) in [6, 6.07) is 9.23. The van der Waals surface area contributed by atoms with E-state index in [1.165, 1.54) is 19.4 Å². The Morgan fingerprint density at radius 1 is 1.24 bits per heavy atom. The van der Waals surface area contributed by atoms with Gasteiger partial charge in [0.05, 0.1) is 25.5 Å². The molecule has 8 heteroatoms. The highest BCUT2D eigenvalue weighted by Gasteiger charge is 2.32. The van der Waals surface area contributed by atoms with Crippen LogP contribution in [0, 0.1) is 0 Å². The molecule has 3 atom stereocenters. The Hall–Kier alpha value is -1.26. The van der Waals surface area contributed by atoms with Crippen molar-refractivity contribution < 1.29 is 9.47 Å². The Bertz CT molecular complexity index is 689. The van der Waals surface area contributed by atoms with Gasteiger partial charge in [0.25, 0.3) is 0 Å². The van der Waals surface area contributed by atoms with E-state index in [1.807, 2.05) is 19.2 Å². The lowest BCUT2D eigenvalue weighted by Crippen LogP contribution is -2.52. The van der Waals surface area contributed by atoms with Crippen molar-refractivity contribution in [2.45, 2.75) is 37.5 Å². The average Bonchev–Trinajstić information content (AvgIpc) is 3.40. The quantitative estimate of drug-likeness (QED) is 0.355. The number of methoxy groups -OCH3 is 1. The SMILES string of the molecule is CN=C(NCC1CN2CCCC2CO1)NC1CCN(c2ccccc2OC)C1.I. The van der Waals surface area contributed by atoms with Crippen LogP contribution in [0.2, 0.25) is 0 Å². The molecule has 3 unspecified atom stereocenters. The average molecular weight is 515 g/mol. The smallest absolute Gasteiger partial charge is 0.191 e. The van der Waals surface area contributed by atoms with Crippen LogP contribution in [0.3, 0.4) is 0 Å². The summed E-state index contributed by atoms with van der Waals surface area (Å²) < 4.78 is 11.6. The highest BCUT2D eigenvalue weighted by atomic mass is 127. The maximum absolute atomic E-state index is 6.05. The third-order valence-corrected chi connectivity index (χ3v) is 6.14. The number of hydrogen-bond donors (Lipinski definition) is 2. The van der Waals surface area contributed by atoms with Crippen molar-refractivity contribution in [1.29, 1.82) is 0 Å². The summed E-state index contributed by atoms with van der Waals surface area (Å²) in [6.07, 6.45) is 3.91. The molecule has 3 saturated heterocycles. The van der Waals surface area contributed by atoms with E-state index in [2.05, 4.69) is 37.6 Å². The number of anilines is 1. The normalized spacial score (nSPS) is 27.3. The van der Waals surface area contributed by atoms with Crippen molar-refractivity contribution in [1.82, 2.24) is 15.5 Å². The molecule has 0 radical (unpaired) electrons. The first-order valence-corrected chi connectivity index (χ1v) is 10.5. The van der Waals surface area contributed by atoms with Gasteiger partial charge in [0, 0.05) is 45.3 Å². The predicted octanol–water partition coefficient (Wildman–Crippen LogP) is 1.92. The molecule has 3 aliphatic rings. The molecule has 7 nitrogen and oxygen atoms in total. The fraction of sp³-hybridized carbons (Fsp3) is 0.667. The van der Waals surface area contributed by atoms with Gasteiger partial charge in [0.2, 0.25) is 0 Å². The molecule has 3 aliphatic heterocycles. The molecule has 3 fully saturated rings. The Morgan fingerprint density at radius 2 is 2.10 bits per heavy atom. The van der Waals surface area contributed by atoms with Crippen LogP contribution in [0.25, 0.3) is 0 Å². The predicted molar refractivity (Wildman–Crippen MR) is 128 cm³/mol. The standard InChI is InChI=1S/C21H33N5O2.HI/c1-22-21(23-12-18-14-25-10-5-6-17(25)15-28-18)24-16-9-11-26(13-16)19-7-3-4-8-20(19)27-2;/h3-4,7-8,16-18H,5-6,9-15H2,1-2H3,(H2,22,23,24);1H. The number of benzene rings is 1. The van der Waals surface area contributed by atoms with Crippen LogP contribution in [-0.4, -0.2) is 82.5 Å². The van der Waals surface area contributed by atoms with Gasteiger partial charge in [-0.15, -0.1) is 24.0 Å². The number of morpholine rings is 1. The van der Waals surface area contributed by atoms with Crippen LogP contribution in [0.15, 0.2) is 29.3 Å². The molecule has 0 bridgehead atoms. The van der Waals surface area contributed by atoms with Crippen molar-refractivity contribution >= 4 is 35.6 Å². The Kier molecular flexibility index (Phi) is 8.25. The van der Waals surface area contributed by atoms with Gasteiger partial charge in [-0.3, -0.25) is 9.89 Å². The third kappa shape index (κ3) is 5.46. The monoisotopic (exact) mass is 515 g/mol. The summed E-state index contributed by atoms with van der Waals surface area (Å²) in [4.78, 5) is 9.37. The van der Waals surface area contributed by atoms with Gasteiger partial charge < -0.3 is 25.0 Å². The molecular weight excluding hydrogens is 481 g/mol. The van der Waals surface area contributed by atoms with Gasteiger partial charge in [-0.25, -0.2) is 0 Å². The van der Waals surface area contributed by atoms with Crippen molar-refractivity contribution in [3.63, 3.8) is 0 Å². The number of aliphatic imine (C=N–C) groups is 1. The van der Waals surface area contributed by atoms with Crippen LogP contribution in [0.4, 0.5) is 5.69 Å². The topological polar surface area (TPSA) is 61.4 Å². The van der Waals surface area contributed by atoms with E-state index in [0.717, 1.165) is 56.6 Å². The number of nitrogens with one attached hydrogen (secondary N) is 2. The van der Waals surface area contributed by atoms with Crippen LogP contribution in [0.1, 0.15) is 19.3 Å². The van der Waals surface area contributed by atoms with Crippen LogP contribution >= 0.6 is 24.0 Å². The zero-order chi connectivity index (χ0) is 19.3. The second-order valence-corrected chi connectivity index (χ2v) is 7.95. The highest BCUT2D eigenvalue weighted by Crippen LogP contribution is 2.30. The van der Waals surface area contributed by atoms with E-state index < -0.39 is 0 Å². The molecule has 1 aromatic rings. The van der Waals surface area contributed by atoms with Crippen LogP contribution in [-0.2, 0) is 4.74 Å². The molecule has 0 spiro atoms. The molecule has 0 amide bonds. The van der Waals surface area contributed by atoms with Gasteiger partial charge in [0.15, 0.2) is 5.96 Å². The molecule has 0 aliphatic carbocycles. The summed E-state index contributed by atoms with van der Waals surface area (Å²) in [5.74, 6) is 1.79. The van der Waals surface area contributed by atoms with E-state index in [0.29, 0.717) is 12.1 Å². The lowest BCUT2D eigenvalue weighted by molar-refractivity contribution is -0.0453. The molecule has 2 N–H and O–H groups in total. The van der Waals surface area contributed by atoms with Crippen molar-refractivity contribution in [2.24, 2.45) is 4.99 Å². The second-order valence-electron chi connectivity index (χ2n) is 7.95. The number of para-hydroxylation sites is 2. The third-order valence-electron chi connectivity index (χ3n) is 6.14. The summed E-state index contributed by atoms with van der Waals surface area (Å²) in [7, 11) is 3.56. The van der Waals surface area contributed by atoms with Crippen molar-refractivity contribution in [3.8, 4) is 5.75 Å². The van der Waals surface area contributed by atoms with Crippen molar-refractivity contribution in [2.75, 3.05) is 58.4 Å². The van der Waals surface area contributed by atoms with Gasteiger partial charge in [-0.1, -0.05) is 12.1 Å². The summed E-state index contributed by atoms with van der Waals surface area (Å²) in [5.41, 5.74) is 1.16. The minimum atomic E-state index is 0. The Labute approximate surface area is 191 Å². The first-order chi connectivity index (χ1) is 13.8. The largest absolute Gasteiger partial charge is 0.495 e. The van der Waals surface area contributed by atoms with E-state index in [4.69, 9.17) is 9.47 Å². The summed E-state index contributed by atoms with van der Waals surface area (Å²) in [5, 5.41) is 7.04. The molecule has 0 saturated carbocycles. The zero-order valence-electron chi connectivity index (χ0n) is 17.5. The van der Waals surface area contributed by atoms with Crippen molar-refractivity contribution in [3.05, 3.63) is 24.3 Å². The fourth-order valence-corrected chi connectivity index (χ4v) is 4.60.